The maximum absolute atomic E-state index is 13.9. The quantitative estimate of drug-likeness (QED) is 0.908. The van der Waals surface area contributed by atoms with Crippen molar-refractivity contribution in [2.75, 3.05) is 20.0 Å². The molecule has 0 saturated heterocycles. The molecule has 1 aromatic heterocycles. The van der Waals surface area contributed by atoms with Crippen LogP contribution in [-0.4, -0.2) is 19.4 Å². The molecular weight excluding hydrogens is 239 g/mol. The van der Waals surface area contributed by atoms with Gasteiger partial charge < -0.3 is 19.7 Å². The van der Waals surface area contributed by atoms with E-state index in [-0.39, 0.29) is 11.6 Å². The fourth-order valence-electron chi connectivity index (χ4n) is 1.81. The Morgan fingerprint density at radius 2 is 1.89 bits per heavy atom. The van der Waals surface area contributed by atoms with Crippen LogP contribution in [0.15, 0.2) is 16.7 Å². The molecule has 1 aromatic carbocycles. The van der Waals surface area contributed by atoms with Gasteiger partial charge in [0.25, 0.3) is 0 Å². The summed E-state index contributed by atoms with van der Waals surface area (Å²) in [6.07, 6.45) is 0. The van der Waals surface area contributed by atoms with Gasteiger partial charge in [0.15, 0.2) is 28.9 Å². The zero-order valence-electron chi connectivity index (χ0n) is 10.3. The van der Waals surface area contributed by atoms with E-state index in [4.69, 9.17) is 19.7 Å². The van der Waals surface area contributed by atoms with E-state index >= 15 is 0 Å². The van der Waals surface area contributed by atoms with Crippen LogP contribution >= 0.6 is 0 Å². The van der Waals surface area contributed by atoms with Crippen LogP contribution in [0.1, 0.15) is 5.56 Å². The van der Waals surface area contributed by atoms with Gasteiger partial charge in [0.05, 0.1) is 14.2 Å². The Morgan fingerprint density at radius 1 is 1.22 bits per heavy atom. The number of aromatic nitrogens is 1. The number of rotatable bonds is 3. The average molecular weight is 252 g/mol. The van der Waals surface area contributed by atoms with Crippen LogP contribution in [-0.2, 0) is 0 Å². The van der Waals surface area contributed by atoms with Crippen molar-refractivity contribution in [3.8, 4) is 22.8 Å². The van der Waals surface area contributed by atoms with Crippen LogP contribution in [0.3, 0.4) is 0 Å². The molecule has 2 aromatic rings. The molecule has 6 heteroatoms. The van der Waals surface area contributed by atoms with E-state index in [2.05, 4.69) is 5.16 Å². The summed E-state index contributed by atoms with van der Waals surface area (Å²) in [6, 6.07) is 2.82. The van der Waals surface area contributed by atoms with Gasteiger partial charge in [-0.15, -0.1) is 0 Å². The third kappa shape index (κ3) is 1.85. The lowest BCUT2D eigenvalue weighted by Crippen LogP contribution is -1.98. The van der Waals surface area contributed by atoms with Crippen molar-refractivity contribution in [1.82, 2.24) is 5.16 Å². The van der Waals surface area contributed by atoms with Gasteiger partial charge in [-0.05, 0) is 13.0 Å². The Kier molecular flexibility index (Phi) is 3.10. The van der Waals surface area contributed by atoms with Crippen molar-refractivity contribution in [3.63, 3.8) is 0 Å². The highest BCUT2D eigenvalue weighted by Gasteiger charge is 2.20. The largest absolute Gasteiger partial charge is 0.492 e. The third-order valence-corrected chi connectivity index (χ3v) is 2.64. The fraction of sp³-hybridized carbons (Fsp3) is 0.250. The second-order valence-corrected chi connectivity index (χ2v) is 3.71. The smallest absolute Gasteiger partial charge is 0.197 e. The van der Waals surface area contributed by atoms with Crippen molar-refractivity contribution < 1.29 is 18.4 Å². The molecule has 2 rings (SSSR count). The van der Waals surface area contributed by atoms with E-state index in [1.165, 1.54) is 26.4 Å². The molecule has 0 bridgehead atoms. The Hall–Kier alpha value is -2.24. The number of methoxy groups -OCH3 is 2. The lowest BCUT2D eigenvalue weighted by Gasteiger charge is -2.13. The first kappa shape index (κ1) is 12.2. The molecule has 0 radical (unpaired) electrons. The van der Waals surface area contributed by atoms with Crippen LogP contribution in [0, 0.1) is 12.7 Å². The predicted octanol–water partition coefficient (Wildman–Crippen LogP) is 2.39. The van der Waals surface area contributed by atoms with E-state index in [0.717, 1.165) is 0 Å². The molecule has 0 saturated carbocycles. The summed E-state index contributed by atoms with van der Waals surface area (Å²) in [7, 11) is 2.83. The van der Waals surface area contributed by atoms with Crippen molar-refractivity contribution in [1.29, 1.82) is 0 Å². The molecule has 5 nitrogen and oxygen atoms in total. The number of anilines is 1. The molecule has 0 unspecified atom stereocenters. The monoisotopic (exact) mass is 252 g/mol. The molecule has 0 amide bonds. The highest BCUT2D eigenvalue weighted by molar-refractivity contribution is 5.70. The first-order valence-corrected chi connectivity index (χ1v) is 5.22. The molecule has 18 heavy (non-hydrogen) atoms. The number of hydrogen-bond donors (Lipinski definition) is 1. The summed E-state index contributed by atoms with van der Waals surface area (Å²) >= 11 is 0. The van der Waals surface area contributed by atoms with Gasteiger partial charge in [-0.25, -0.2) is 4.39 Å². The minimum atomic E-state index is -0.537. The first-order valence-electron chi connectivity index (χ1n) is 5.22. The molecule has 0 atom stereocenters. The average Bonchev–Trinajstić information content (AvgIpc) is 2.77. The Morgan fingerprint density at radius 3 is 2.39 bits per heavy atom. The third-order valence-electron chi connectivity index (χ3n) is 2.64. The van der Waals surface area contributed by atoms with Crippen molar-refractivity contribution in [2.45, 2.75) is 6.92 Å². The number of nitrogen functional groups attached to an aromatic ring is 1. The van der Waals surface area contributed by atoms with Gasteiger partial charge in [0.2, 0.25) is 0 Å². The standard InChI is InChI=1S/C12H13FN2O3/c1-6-7(9-5-10(14)15-18-9)4-8(13)12(17-3)11(6)16-2/h4-5H,1-3H3,(H2,14,15). The summed E-state index contributed by atoms with van der Waals surface area (Å²) < 4.78 is 29.0. The Balaban J connectivity index is 2.66. The molecule has 0 aliphatic carbocycles. The maximum Gasteiger partial charge on any atom is 0.197 e. The van der Waals surface area contributed by atoms with Crippen LogP contribution in [0.2, 0.25) is 0 Å². The summed E-state index contributed by atoms with van der Waals surface area (Å²) in [6.45, 7) is 1.77. The van der Waals surface area contributed by atoms with Gasteiger partial charge in [-0.2, -0.15) is 0 Å². The number of halogens is 1. The van der Waals surface area contributed by atoms with Crippen molar-refractivity contribution >= 4 is 5.82 Å². The van der Waals surface area contributed by atoms with E-state index < -0.39 is 5.82 Å². The maximum atomic E-state index is 13.9. The zero-order valence-corrected chi connectivity index (χ0v) is 10.3. The summed E-state index contributed by atoms with van der Waals surface area (Å²) in [5, 5.41) is 3.57. The second-order valence-electron chi connectivity index (χ2n) is 3.71. The van der Waals surface area contributed by atoms with E-state index in [9.17, 15) is 4.39 Å². The predicted molar refractivity (Wildman–Crippen MR) is 64.2 cm³/mol. The minimum Gasteiger partial charge on any atom is -0.492 e. The SMILES string of the molecule is COc1c(F)cc(-c2cc(N)no2)c(C)c1OC. The van der Waals surface area contributed by atoms with Gasteiger partial charge in [-0.1, -0.05) is 5.16 Å². The van der Waals surface area contributed by atoms with Gasteiger partial charge in [0, 0.05) is 17.2 Å². The normalized spacial score (nSPS) is 10.4. The molecular formula is C12H13FN2O3. The molecule has 96 valence electrons. The summed E-state index contributed by atoms with van der Waals surface area (Å²) in [5.74, 6) is 0.461. The molecule has 0 aliphatic heterocycles. The number of ether oxygens (including phenoxy) is 2. The van der Waals surface area contributed by atoms with Crippen LogP contribution in [0.25, 0.3) is 11.3 Å². The van der Waals surface area contributed by atoms with E-state index in [1.807, 2.05) is 0 Å². The Bertz CT molecular complexity index is 581. The van der Waals surface area contributed by atoms with Crippen LogP contribution in [0.4, 0.5) is 10.2 Å². The molecule has 2 N–H and O–H groups in total. The lowest BCUT2D eigenvalue weighted by atomic mass is 10.0. The van der Waals surface area contributed by atoms with Crippen LogP contribution in [0.5, 0.6) is 11.5 Å². The Labute approximate surface area is 103 Å². The molecule has 1 heterocycles. The van der Waals surface area contributed by atoms with Crippen molar-refractivity contribution in [3.05, 3.63) is 23.5 Å². The van der Waals surface area contributed by atoms with Gasteiger partial charge >= 0.3 is 0 Å². The number of benzene rings is 1. The van der Waals surface area contributed by atoms with Gasteiger partial charge in [0.1, 0.15) is 0 Å². The molecule has 0 fully saturated rings. The highest BCUT2D eigenvalue weighted by atomic mass is 19.1. The molecule has 0 spiro atoms. The van der Waals surface area contributed by atoms with Crippen LogP contribution < -0.4 is 15.2 Å². The highest BCUT2D eigenvalue weighted by Crippen LogP contribution is 2.39. The molecule has 0 aliphatic rings. The lowest BCUT2D eigenvalue weighted by molar-refractivity contribution is 0.335. The van der Waals surface area contributed by atoms with E-state index in [0.29, 0.717) is 22.6 Å². The fourth-order valence-corrected chi connectivity index (χ4v) is 1.81. The summed E-state index contributed by atoms with van der Waals surface area (Å²) in [5.41, 5.74) is 6.69. The number of nitrogens with zero attached hydrogens (tertiary/aromatic N) is 1. The first-order chi connectivity index (χ1) is 8.58. The zero-order chi connectivity index (χ0) is 13.3. The second kappa shape index (κ2) is 4.56. The summed E-state index contributed by atoms with van der Waals surface area (Å²) in [4.78, 5) is 0. The minimum absolute atomic E-state index is 0.0613. The van der Waals surface area contributed by atoms with Gasteiger partial charge in [-0.3, -0.25) is 0 Å². The number of hydrogen-bond acceptors (Lipinski definition) is 5. The van der Waals surface area contributed by atoms with Crippen molar-refractivity contribution in [2.24, 2.45) is 0 Å². The topological polar surface area (TPSA) is 70.5 Å². The van der Waals surface area contributed by atoms with E-state index in [1.54, 1.807) is 6.92 Å². The number of nitrogens with two attached hydrogens (primary N) is 1.